The first-order chi connectivity index (χ1) is 20.0. The van der Waals surface area contributed by atoms with Crippen LogP contribution in [-0.4, -0.2) is 61.0 Å². The molecule has 2 aromatic carbocycles. The highest BCUT2D eigenvalue weighted by molar-refractivity contribution is 7.92. The van der Waals surface area contributed by atoms with Gasteiger partial charge in [0.25, 0.3) is 5.91 Å². The van der Waals surface area contributed by atoms with Crippen molar-refractivity contribution in [2.24, 2.45) is 11.8 Å². The average Bonchev–Trinajstić information content (AvgIpc) is 2.93. The molecular weight excluding hydrogens is 615 g/mol. The van der Waals surface area contributed by atoms with Crippen LogP contribution in [0.25, 0.3) is 0 Å². The van der Waals surface area contributed by atoms with E-state index in [1.54, 1.807) is 13.8 Å². The van der Waals surface area contributed by atoms with E-state index in [0.717, 1.165) is 6.07 Å². The van der Waals surface area contributed by atoms with Crippen LogP contribution in [0.4, 0.5) is 23.7 Å². The third kappa shape index (κ3) is 6.75. The number of fused-ring (bicyclic) bond motifs is 2. The molecule has 4 N–H and O–H groups in total. The standard InChI is InChI=1S/C28H31ClF3N3O7S/c1-13(2)42-27(38)34-14(3)25(36)33-12-28(39)16-7-17(28)9-19(8-16)43(40,41)23-6-15(4-5-20(23)29)26(37)35-18-10-21(30)24(32)22(31)11-18/h4-6,10-11,13-14,16-17,19,39H,7-9,12H2,1-3H3,(H,33,36)(H,34,38)(H,35,37)/t14-,16?,17?,19?,28?/m0/s1. The number of hydrogen-bond acceptors (Lipinski definition) is 7. The molecule has 15 heteroatoms. The minimum absolute atomic E-state index is 0.0700. The number of nitrogens with one attached hydrogen (secondary N) is 3. The second-order valence-corrected chi connectivity index (χ2v) is 13.8. The Morgan fingerprint density at radius 2 is 1.65 bits per heavy atom. The fourth-order valence-corrected chi connectivity index (χ4v) is 7.95. The first-order valence-corrected chi connectivity index (χ1v) is 15.4. The maximum Gasteiger partial charge on any atom is 0.408 e. The van der Waals surface area contributed by atoms with Crippen molar-refractivity contribution >= 4 is 45.0 Å². The Morgan fingerprint density at radius 1 is 1.05 bits per heavy atom. The molecular formula is C28H31ClF3N3O7S. The molecule has 3 aliphatic rings. The number of carbonyl (C=O) groups excluding carboxylic acids is 3. The van der Waals surface area contributed by atoms with Crippen molar-refractivity contribution in [2.75, 3.05) is 11.9 Å². The van der Waals surface area contributed by atoms with Gasteiger partial charge in [-0.15, -0.1) is 0 Å². The Labute approximate surface area is 251 Å². The Morgan fingerprint density at radius 3 is 2.23 bits per heavy atom. The van der Waals surface area contributed by atoms with Crippen molar-refractivity contribution in [3.05, 3.63) is 58.4 Å². The van der Waals surface area contributed by atoms with E-state index >= 15 is 0 Å². The van der Waals surface area contributed by atoms with Crippen LogP contribution in [0.5, 0.6) is 0 Å². The van der Waals surface area contributed by atoms with Crippen molar-refractivity contribution in [1.82, 2.24) is 10.6 Å². The zero-order valence-electron chi connectivity index (χ0n) is 23.4. The number of hydrogen-bond donors (Lipinski definition) is 4. The summed E-state index contributed by atoms with van der Waals surface area (Å²) in [5.74, 6) is -7.08. The molecule has 43 heavy (non-hydrogen) atoms. The Kier molecular flexibility index (Phi) is 9.33. The molecule has 0 radical (unpaired) electrons. The second-order valence-electron chi connectivity index (χ2n) is 11.2. The van der Waals surface area contributed by atoms with E-state index in [1.165, 1.54) is 19.1 Å². The highest BCUT2D eigenvalue weighted by Gasteiger charge is 2.60. The van der Waals surface area contributed by atoms with Gasteiger partial charge in [-0.05, 0) is 70.1 Å². The molecule has 3 saturated carbocycles. The molecule has 234 valence electrons. The minimum atomic E-state index is -4.10. The Balaban J connectivity index is 1.41. The quantitative estimate of drug-likeness (QED) is 0.302. The summed E-state index contributed by atoms with van der Waals surface area (Å²) in [5, 5.41) is 17.4. The second kappa shape index (κ2) is 12.3. The molecule has 3 fully saturated rings. The number of amides is 3. The normalized spacial score (nSPS) is 23.6. The first-order valence-electron chi connectivity index (χ1n) is 13.5. The van der Waals surface area contributed by atoms with Crippen LogP contribution in [0.2, 0.25) is 5.02 Å². The lowest BCUT2D eigenvalue weighted by Gasteiger charge is -2.58. The molecule has 3 aliphatic carbocycles. The van der Waals surface area contributed by atoms with Gasteiger partial charge in [-0.2, -0.15) is 0 Å². The van der Waals surface area contributed by atoms with Crippen molar-refractivity contribution in [2.45, 2.75) is 67.9 Å². The topological polar surface area (TPSA) is 151 Å². The molecule has 5 rings (SSSR count). The molecule has 0 heterocycles. The molecule has 0 saturated heterocycles. The molecule has 2 aromatic rings. The third-order valence-corrected chi connectivity index (χ3v) is 10.5. The van der Waals surface area contributed by atoms with Crippen LogP contribution in [0.1, 0.15) is 50.4 Å². The van der Waals surface area contributed by atoms with Gasteiger partial charge in [0.15, 0.2) is 27.3 Å². The predicted molar refractivity (Wildman–Crippen MR) is 150 cm³/mol. The van der Waals surface area contributed by atoms with Gasteiger partial charge in [0, 0.05) is 29.9 Å². The van der Waals surface area contributed by atoms with E-state index in [4.69, 9.17) is 16.3 Å². The van der Waals surface area contributed by atoms with E-state index in [-0.39, 0.29) is 46.7 Å². The molecule has 10 nitrogen and oxygen atoms in total. The molecule has 2 unspecified atom stereocenters. The van der Waals surface area contributed by atoms with Gasteiger partial charge in [-0.3, -0.25) is 9.59 Å². The fourth-order valence-electron chi connectivity index (χ4n) is 5.54. The summed E-state index contributed by atoms with van der Waals surface area (Å²) < 4.78 is 72.5. The number of halogens is 4. The molecule has 0 aliphatic heterocycles. The van der Waals surface area contributed by atoms with E-state index in [2.05, 4.69) is 16.0 Å². The van der Waals surface area contributed by atoms with E-state index in [0.29, 0.717) is 18.6 Å². The SMILES string of the molecule is CC(C)OC(=O)N[C@@H](C)C(=O)NCC1(O)C2CC1CC(S(=O)(=O)c1cc(C(=O)Nc3cc(F)c(F)c(F)c3)ccc1Cl)C2. The number of alkyl carbamates (subject to hydrolysis) is 1. The summed E-state index contributed by atoms with van der Waals surface area (Å²) in [7, 11) is -4.10. The number of anilines is 1. The van der Waals surface area contributed by atoms with Crippen molar-refractivity contribution in [3.8, 4) is 0 Å². The van der Waals surface area contributed by atoms with Crippen molar-refractivity contribution in [3.63, 3.8) is 0 Å². The van der Waals surface area contributed by atoms with E-state index in [9.17, 15) is 41.1 Å². The number of aliphatic hydroxyl groups is 1. The number of sulfone groups is 1. The van der Waals surface area contributed by atoms with Crippen molar-refractivity contribution < 1.29 is 45.8 Å². The maximum absolute atomic E-state index is 13.6. The van der Waals surface area contributed by atoms with Crippen LogP contribution in [-0.2, 0) is 19.4 Å². The van der Waals surface area contributed by atoms with Gasteiger partial charge in [0.1, 0.15) is 6.04 Å². The van der Waals surface area contributed by atoms with Crippen LogP contribution in [0, 0.1) is 29.3 Å². The zero-order valence-corrected chi connectivity index (χ0v) is 25.0. The van der Waals surface area contributed by atoms with E-state index in [1.807, 2.05) is 0 Å². The Bertz CT molecular complexity index is 1520. The number of rotatable bonds is 9. The summed E-state index contributed by atoms with van der Waals surface area (Å²) in [5.41, 5.74) is -1.89. The van der Waals surface area contributed by atoms with Crippen molar-refractivity contribution in [1.29, 1.82) is 0 Å². The molecule has 0 aromatic heterocycles. The largest absolute Gasteiger partial charge is 0.447 e. The van der Waals surface area contributed by atoms with Crippen LogP contribution >= 0.6 is 11.6 Å². The van der Waals surface area contributed by atoms with Crippen LogP contribution < -0.4 is 16.0 Å². The summed E-state index contributed by atoms with van der Waals surface area (Å²) in [6.07, 6.45) is -0.444. The molecule has 3 atom stereocenters. The van der Waals surface area contributed by atoms with Gasteiger partial charge >= 0.3 is 6.09 Å². The summed E-state index contributed by atoms with van der Waals surface area (Å²) >= 11 is 6.22. The van der Waals surface area contributed by atoms with Crippen LogP contribution in [0.15, 0.2) is 35.2 Å². The van der Waals surface area contributed by atoms with Gasteiger partial charge in [-0.25, -0.2) is 26.4 Å². The highest BCUT2D eigenvalue weighted by atomic mass is 35.5. The van der Waals surface area contributed by atoms with Gasteiger partial charge in [-0.1, -0.05) is 11.6 Å². The lowest BCUT2D eigenvalue weighted by Crippen LogP contribution is -2.66. The smallest absolute Gasteiger partial charge is 0.408 e. The summed E-state index contributed by atoms with van der Waals surface area (Å²) in [6, 6.07) is 3.71. The molecule has 2 bridgehead atoms. The van der Waals surface area contributed by atoms with Gasteiger partial charge < -0.3 is 25.8 Å². The average molecular weight is 646 g/mol. The summed E-state index contributed by atoms with van der Waals surface area (Å²) in [4.78, 5) is 36.6. The number of ether oxygens (including phenoxy) is 1. The molecule has 0 spiro atoms. The maximum atomic E-state index is 13.6. The van der Waals surface area contributed by atoms with Gasteiger partial charge in [0.05, 0.1) is 26.9 Å². The number of carbonyl (C=O) groups is 3. The van der Waals surface area contributed by atoms with Gasteiger partial charge in [0.2, 0.25) is 5.91 Å². The monoisotopic (exact) mass is 645 g/mol. The first kappa shape index (κ1) is 32.6. The fraction of sp³-hybridized carbons (Fsp3) is 0.464. The molecule has 3 amide bonds. The Hall–Kier alpha value is -3.36. The highest BCUT2D eigenvalue weighted by Crippen LogP contribution is 2.55. The zero-order chi connectivity index (χ0) is 31.9. The lowest BCUT2D eigenvalue weighted by molar-refractivity contribution is -0.174. The summed E-state index contributed by atoms with van der Waals surface area (Å²) in [6.45, 7) is 4.64. The third-order valence-electron chi connectivity index (χ3n) is 7.87. The van der Waals surface area contributed by atoms with Crippen LogP contribution in [0.3, 0.4) is 0 Å². The minimum Gasteiger partial charge on any atom is -0.447 e. The lowest BCUT2D eigenvalue weighted by atomic mass is 9.53. The van der Waals surface area contributed by atoms with E-state index < -0.39 is 73.9 Å². The predicted octanol–water partition coefficient (Wildman–Crippen LogP) is 3.95. The number of benzene rings is 2.